The van der Waals surface area contributed by atoms with Crippen LogP contribution < -0.4 is 10.9 Å². The fourth-order valence-electron chi connectivity index (χ4n) is 1.32. The van der Waals surface area contributed by atoms with Crippen molar-refractivity contribution in [2.75, 3.05) is 12.0 Å². The van der Waals surface area contributed by atoms with Gasteiger partial charge in [0.1, 0.15) is 12.2 Å². The predicted molar refractivity (Wildman–Crippen MR) is 68.1 cm³/mol. The van der Waals surface area contributed by atoms with Gasteiger partial charge in [0.25, 0.3) is 5.91 Å². The molecule has 0 aromatic heterocycles. The monoisotopic (exact) mass is 270 g/mol. The van der Waals surface area contributed by atoms with E-state index >= 15 is 0 Å². The second-order valence-electron chi connectivity index (χ2n) is 4.17. The van der Waals surface area contributed by atoms with Gasteiger partial charge in [0, 0.05) is 0 Å². The quantitative estimate of drug-likeness (QED) is 0.350. The molecule has 3 atom stereocenters. The third-order valence-corrected chi connectivity index (χ3v) is 2.56. The van der Waals surface area contributed by atoms with Crippen LogP contribution in [0.4, 0.5) is 5.69 Å². The number of carbonyl (C=O) groups is 1. The Balaban J connectivity index is 2.48. The molecule has 0 saturated carbocycles. The van der Waals surface area contributed by atoms with Crippen LogP contribution in [0, 0.1) is 6.92 Å². The molecule has 1 aromatic carbocycles. The fraction of sp³-hybridized carbons (Fsp3) is 0.417. The second kappa shape index (κ2) is 7.05. The molecule has 0 aliphatic carbocycles. The van der Waals surface area contributed by atoms with Crippen molar-refractivity contribution < 1.29 is 25.2 Å². The van der Waals surface area contributed by atoms with Crippen LogP contribution in [-0.2, 0) is 4.79 Å². The molecule has 19 heavy (non-hydrogen) atoms. The first-order valence-electron chi connectivity index (χ1n) is 5.73. The highest BCUT2D eigenvalue weighted by Gasteiger charge is 2.29. The minimum absolute atomic E-state index is 0.600. The van der Waals surface area contributed by atoms with E-state index in [1.807, 2.05) is 19.1 Å². The summed E-state index contributed by atoms with van der Waals surface area (Å²) in [5.41, 5.74) is 6.39. The van der Waals surface area contributed by atoms with Crippen molar-refractivity contribution in [3.05, 3.63) is 29.8 Å². The normalized spacial score (nSPS) is 15.4. The topological polar surface area (TPSA) is 122 Å². The van der Waals surface area contributed by atoms with Crippen LogP contribution in [0.5, 0.6) is 0 Å². The molecule has 1 aromatic rings. The SMILES string of the molecule is Cc1ccc(NNC(=O)[C@@H](O)[C@H](O)[C@H](O)CO)cc1. The summed E-state index contributed by atoms with van der Waals surface area (Å²) >= 11 is 0. The lowest BCUT2D eigenvalue weighted by Gasteiger charge is -2.21. The van der Waals surface area contributed by atoms with Gasteiger partial charge in [-0.2, -0.15) is 0 Å². The Kier molecular flexibility index (Phi) is 5.71. The molecule has 0 fully saturated rings. The van der Waals surface area contributed by atoms with Crippen molar-refractivity contribution in [1.29, 1.82) is 0 Å². The molecule has 0 saturated heterocycles. The van der Waals surface area contributed by atoms with E-state index in [4.69, 9.17) is 10.2 Å². The molecule has 0 unspecified atom stereocenters. The van der Waals surface area contributed by atoms with Crippen LogP contribution in [0.25, 0.3) is 0 Å². The summed E-state index contributed by atoms with van der Waals surface area (Å²) in [7, 11) is 0. The van der Waals surface area contributed by atoms with Crippen molar-refractivity contribution in [3.63, 3.8) is 0 Å². The van der Waals surface area contributed by atoms with Gasteiger partial charge in [0.05, 0.1) is 12.3 Å². The number of nitrogens with one attached hydrogen (secondary N) is 2. The molecule has 106 valence electrons. The van der Waals surface area contributed by atoms with E-state index in [-0.39, 0.29) is 0 Å². The van der Waals surface area contributed by atoms with Crippen LogP contribution in [-0.4, -0.2) is 51.3 Å². The van der Waals surface area contributed by atoms with Gasteiger partial charge in [0.2, 0.25) is 0 Å². The third-order valence-electron chi connectivity index (χ3n) is 2.56. The van der Waals surface area contributed by atoms with Gasteiger partial charge in [-0.25, -0.2) is 0 Å². The number of anilines is 1. The molecule has 0 heterocycles. The van der Waals surface area contributed by atoms with Crippen LogP contribution in [0.1, 0.15) is 5.56 Å². The summed E-state index contributed by atoms with van der Waals surface area (Å²) in [5.74, 6) is -0.916. The first-order valence-corrected chi connectivity index (χ1v) is 5.73. The Morgan fingerprint density at radius 2 is 1.79 bits per heavy atom. The molecule has 0 radical (unpaired) electrons. The molecular weight excluding hydrogens is 252 g/mol. The number of benzene rings is 1. The lowest BCUT2D eigenvalue weighted by atomic mass is 10.1. The molecule has 0 spiro atoms. The largest absolute Gasteiger partial charge is 0.394 e. The molecule has 1 rings (SSSR count). The lowest BCUT2D eigenvalue weighted by molar-refractivity contribution is -0.141. The zero-order chi connectivity index (χ0) is 14.4. The Hall–Kier alpha value is -1.67. The molecule has 0 aliphatic heterocycles. The standard InChI is InChI=1S/C12H18N2O5/c1-7-2-4-8(5-3-7)13-14-12(19)11(18)10(17)9(16)6-15/h2-5,9-11,13,15-18H,6H2,1H3,(H,14,19)/t9-,10-,11+/m1/s1. The molecule has 1 amide bonds. The number of carbonyl (C=O) groups excluding carboxylic acids is 1. The number of aliphatic hydroxyl groups is 4. The number of hydrogen-bond donors (Lipinski definition) is 6. The highest BCUT2D eigenvalue weighted by molar-refractivity contribution is 5.82. The summed E-state index contributed by atoms with van der Waals surface area (Å²) in [4.78, 5) is 11.5. The highest BCUT2D eigenvalue weighted by Crippen LogP contribution is 2.07. The van der Waals surface area contributed by atoms with Gasteiger partial charge in [-0.15, -0.1) is 0 Å². The number of hydrazine groups is 1. The van der Waals surface area contributed by atoms with Crippen molar-refractivity contribution in [2.45, 2.75) is 25.2 Å². The minimum atomic E-state index is -1.85. The van der Waals surface area contributed by atoms with E-state index in [0.29, 0.717) is 5.69 Å². The Labute approximate surface area is 110 Å². The zero-order valence-corrected chi connectivity index (χ0v) is 10.4. The summed E-state index contributed by atoms with van der Waals surface area (Å²) in [6.07, 6.45) is -5.19. The average Bonchev–Trinajstić information content (AvgIpc) is 2.43. The Morgan fingerprint density at radius 3 is 2.32 bits per heavy atom. The summed E-state index contributed by atoms with van der Waals surface area (Å²) in [6, 6.07) is 7.10. The highest BCUT2D eigenvalue weighted by atomic mass is 16.4. The van der Waals surface area contributed by atoms with E-state index in [0.717, 1.165) is 5.56 Å². The maximum absolute atomic E-state index is 11.5. The third kappa shape index (κ3) is 4.49. The fourth-order valence-corrected chi connectivity index (χ4v) is 1.32. The van der Waals surface area contributed by atoms with E-state index in [1.54, 1.807) is 12.1 Å². The zero-order valence-electron chi connectivity index (χ0n) is 10.4. The van der Waals surface area contributed by atoms with E-state index in [2.05, 4.69) is 10.9 Å². The molecule has 0 aliphatic rings. The summed E-state index contributed by atoms with van der Waals surface area (Å²) in [5, 5.41) is 36.5. The Morgan fingerprint density at radius 1 is 1.21 bits per heavy atom. The van der Waals surface area contributed by atoms with Gasteiger partial charge in [0.15, 0.2) is 6.10 Å². The van der Waals surface area contributed by atoms with Crippen LogP contribution in [0.3, 0.4) is 0 Å². The first kappa shape index (κ1) is 15.4. The van der Waals surface area contributed by atoms with Gasteiger partial charge in [-0.05, 0) is 19.1 Å². The average molecular weight is 270 g/mol. The van der Waals surface area contributed by atoms with Crippen molar-refractivity contribution in [1.82, 2.24) is 5.43 Å². The van der Waals surface area contributed by atoms with E-state index in [1.165, 1.54) is 0 Å². The summed E-state index contributed by atoms with van der Waals surface area (Å²) in [6.45, 7) is 1.16. The van der Waals surface area contributed by atoms with Gasteiger partial charge < -0.3 is 20.4 Å². The van der Waals surface area contributed by atoms with Crippen LogP contribution in [0.2, 0.25) is 0 Å². The van der Waals surface area contributed by atoms with E-state index in [9.17, 15) is 15.0 Å². The van der Waals surface area contributed by atoms with Gasteiger partial charge in [-0.1, -0.05) is 17.7 Å². The molecule has 0 bridgehead atoms. The van der Waals surface area contributed by atoms with Crippen molar-refractivity contribution in [2.24, 2.45) is 0 Å². The molecule has 7 nitrogen and oxygen atoms in total. The number of hydrogen-bond acceptors (Lipinski definition) is 6. The Bertz CT molecular complexity index is 409. The predicted octanol–water partition coefficient (Wildman–Crippen LogP) is -1.49. The van der Waals surface area contributed by atoms with E-state index < -0.39 is 30.8 Å². The van der Waals surface area contributed by atoms with Crippen LogP contribution in [0.15, 0.2) is 24.3 Å². The van der Waals surface area contributed by atoms with Crippen LogP contribution >= 0.6 is 0 Å². The molecular formula is C12H18N2O5. The van der Waals surface area contributed by atoms with Gasteiger partial charge in [-0.3, -0.25) is 15.6 Å². The number of aryl methyl sites for hydroxylation is 1. The van der Waals surface area contributed by atoms with Crippen molar-refractivity contribution >= 4 is 11.6 Å². The number of amides is 1. The summed E-state index contributed by atoms with van der Waals surface area (Å²) < 4.78 is 0. The van der Waals surface area contributed by atoms with Crippen molar-refractivity contribution in [3.8, 4) is 0 Å². The molecule has 7 heteroatoms. The minimum Gasteiger partial charge on any atom is -0.394 e. The maximum atomic E-state index is 11.5. The smallest absolute Gasteiger partial charge is 0.269 e. The number of aliphatic hydroxyl groups excluding tert-OH is 4. The maximum Gasteiger partial charge on any atom is 0.269 e. The second-order valence-corrected chi connectivity index (χ2v) is 4.17. The lowest BCUT2D eigenvalue weighted by Crippen LogP contribution is -2.49. The van der Waals surface area contributed by atoms with Gasteiger partial charge >= 0.3 is 0 Å². The molecule has 6 N–H and O–H groups in total. The first-order chi connectivity index (χ1) is 8.95. The number of rotatable bonds is 6.